The zero-order chi connectivity index (χ0) is 28.3. The number of sulfonamides is 2. The fourth-order valence-corrected chi connectivity index (χ4v) is 7.08. The van der Waals surface area contributed by atoms with Crippen molar-refractivity contribution in [2.75, 3.05) is 26.7 Å². The van der Waals surface area contributed by atoms with Gasteiger partial charge in [0.15, 0.2) is 0 Å². The number of ether oxygens (including phenoxy) is 1. The van der Waals surface area contributed by atoms with Gasteiger partial charge in [0.1, 0.15) is 22.6 Å². The van der Waals surface area contributed by atoms with Gasteiger partial charge < -0.3 is 9.84 Å². The van der Waals surface area contributed by atoms with E-state index in [1.165, 1.54) is 29.6 Å². The summed E-state index contributed by atoms with van der Waals surface area (Å²) in [5, 5.41) is 9.79. The lowest BCUT2D eigenvalue weighted by molar-refractivity contribution is 0.0904. The van der Waals surface area contributed by atoms with Gasteiger partial charge in [-0.2, -0.15) is 8.61 Å². The molecule has 0 aromatic heterocycles. The molecule has 0 unspecified atom stereocenters. The molecule has 0 spiro atoms. The molecule has 8 nitrogen and oxygen atoms in total. The van der Waals surface area contributed by atoms with E-state index in [0.29, 0.717) is 17.9 Å². The third-order valence-electron chi connectivity index (χ3n) is 6.35. The number of halogens is 1. The Morgan fingerprint density at radius 2 is 1.92 bits per heavy atom. The Morgan fingerprint density at radius 3 is 2.55 bits per heavy atom. The number of hydrogen-bond donors (Lipinski definition) is 1. The second kappa shape index (κ2) is 12.1. The monoisotopic (exact) mass is 566 g/mol. The Kier molecular flexibility index (Phi) is 9.60. The standard InChI is InChI=1S/C27H35FN2O6S2/c1-19(2)8-6-9-22-12-13-27-25(14-22)36-26(20(3)16-30(21(4)18-31)38(27,34)35)17-29(5)37(32,33)24-11-7-10-23(28)15-24/h7,10-15,19-21,26,31H,8,16-18H2,1-5H3/t20-,21+,26+/m1/s1. The van der Waals surface area contributed by atoms with Crippen LogP contribution >= 0.6 is 0 Å². The molecule has 0 amide bonds. The van der Waals surface area contributed by atoms with Crippen molar-refractivity contribution in [3.63, 3.8) is 0 Å². The Bertz CT molecular complexity index is 1420. The van der Waals surface area contributed by atoms with E-state index >= 15 is 0 Å². The maximum atomic E-state index is 13.7. The van der Waals surface area contributed by atoms with Crippen molar-refractivity contribution in [2.24, 2.45) is 11.8 Å². The predicted octanol–water partition coefficient (Wildman–Crippen LogP) is 3.31. The number of aliphatic hydroxyl groups excluding tert-OH is 1. The molecule has 1 heterocycles. The summed E-state index contributed by atoms with van der Waals surface area (Å²) in [6.07, 6.45) is -0.0923. The molecule has 38 heavy (non-hydrogen) atoms. The Morgan fingerprint density at radius 1 is 1.21 bits per heavy atom. The van der Waals surface area contributed by atoms with Gasteiger partial charge in [0, 0.05) is 37.5 Å². The summed E-state index contributed by atoms with van der Waals surface area (Å²) in [6, 6.07) is 8.62. The molecule has 0 bridgehead atoms. The van der Waals surface area contributed by atoms with Crippen LogP contribution in [0.2, 0.25) is 0 Å². The van der Waals surface area contributed by atoms with Crippen LogP contribution in [-0.4, -0.2) is 69.4 Å². The predicted molar refractivity (Wildman–Crippen MR) is 143 cm³/mol. The fourth-order valence-electron chi connectivity index (χ4n) is 4.04. The van der Waals surface area contributed by atoms with Crippen LogP contribution in [0.5, 0.6) is 5.75 Å². The van der Waals surface area contributed by atoms with Crippen molar-refractivity contribution in [3.8, 4) is 17.6 Å². The first-order valence-corrected chi connectivity index (χ1v) is 15.3. The van der Waals surface area contributed by atoms with Crippen LogP contribution in [0.3, 0.4) is 0 Å². The van der Waals surface area contributed by atoms with Crippen LogP contribution in [0.25, 0.3) is 0 Å². The molecule has 2 aromatic carbocycles. The first-order valence-electron chi connectivity index (χ1n) is 12.4. The van der Waals surface area contributed by atoms with E-state index in [0.717, 1.165) is 16.4 Å². The second-order valence-electron chi connectivity index (χ2n) is 10.0. The van der Waals surface area contributed by atoms with Gasteiger partial charge in [0.05, 0.1) is 18.0 Å². The number of nitrogens with zero attached hydrogens (tertiary/aromatic N) is 2. The maximum Gasteiger partial charge on any atom is 0.247 e. The van der Waals surface area contributed by atoms with Gasteiger partial charge in [-0.1, -0.05) is 38.7 Å². The summed E-state index contributed by atoms with van der Waals surface area (Å²) in [5.41, 5.74) is 0.564. The van der Waals surface area contributed by atoms with E-state index in [1.54, 1.807) is 26.0 Å². The molecular formula is C27H35FN2O6S2. The Hall–Kier alpha value is -2.49. The van der Waals surface area contributed by atoms with Crippen LogP contribution in [0.1, 0.15) is 39.7 Å². The number of fused-ring (bicyclic) bond motifs is 1. The first kappa shape index (κ1) is 30.1. The fraction of sp³-hybridized carbons (Fsp3) is 0.481. The number of rotatable bonds is 7. The summed E-state index contributed by atoms with van der Waals surface area (Å²) in [4.78, 5) is -0.278. The number of hydrogen-bond acceptors (Lipinski definition) is 6. The number of aliphatic hydroxyl groups is 1. The lowest BCUT2D eigenvalue weighted by Crippen LogP contribution is -2.50. The van der Waals surface area contributed by atoms with Crippen molar-refractivity contribution < 1.29 is 31.1 Å². The van der Waals surface area contributed by atoms with Crippen molar-refractivity contribution in [3.05, 3.63) is 53.8 Å². The topological polar surface area (TPSA) is 104 Å². The molecule has 0 radical (unpaired) electrons. The van der Waals surface area contributed by atoms with Crippen molar-refractivity contribution in [2.45, 2.75) is 56.1 Å². The average molecular weight is 567 g/mol. The SMILES string of the molecule is CC(C)CC#Cc1ccc2c(c1)O[C@@H](CN(C)S(=O)(=O)c1cccc(F)c1)[C@H](C)CN([C@@H](C)CO)S2(=O)=O. The molecule has 11 heteroatoms. The molecule has 2 aromatic rings. The molecule has 0 fully saturated rings. The van der Waals surface area contributed by atoms with Crippen molar-refractivity contribution >= 4 is 20.0 Å². The molecular weight excluding hydrogens is 531 g/mol. The van der Waals surface area contributed by atoms with E-state index in [4.69, 9.17) is 4.74 Å². The van der Waals surface area contributed by atoms with Gasteiger partial charge in [0.25, 0.3) is 0 Å². The second-order valence-corrected chi connectivity index (χ2v) is 13.9. The molecule has 1 aliphatic heterocycles. The van der Waals surface area contributed by atoms with Crippen LogP contribution in [-0.2, 0) is 20.0 Å². The summed E-state index contributed by atoms with van der Waals surface area (Å²) in [7, 11) is -6.72. The number of benzene rings is 2. The highest BCUT2D eigenvalue weighted by molar-refractivity contribution is 7.89. The van der Waals surface area contributed by atoms with E-state index in [-0.39, 0.29) is 35.2 Å². The lowest BCUT2D eigenvalue weighted by atomic mass is 10.0. The normalized spacial score (nSPS) is 20.6. The smallest absolute Gasteiger partial charge is 0.247 e. The molecule has 0 aliphatic carbocycles. The minimum absolute atomic E-state index is 0.00202. The highest BCUT2D eigenvalue weighted by Crippen LogP contribution is 2.34. The molecule has 208 valence electrons. The third-order valence-corrected chi connectivity index (χ3v) is 10.2. The van der Waals surface area contributed by atoms with Gasteiger partial charge >= 0.3 is 0 Å². The number of likely N-dealkylation sites (N-methyl/N-ethyl adjacent to an activating group) is 1. The van der Waals surface area contributed by atoms with E-state index in [2.05, 4.69) is 11.8 Å². The molecule has 3 rings (SSSR count). The van der Waals surface area contributed by atoms with Crippen LogP contribution in [0, 0.1) is 29.5 Å². The molecule has 0 saturated carbocycles. The molecule has 1 N–H and O–H groups in total. The van der Waals surface area contributed by atoms with Gasteiger partial charge in [-0.15, -0.1) is 0 Å². The average Bonchev–Trinajstić information content (AvgIpc) is 2.85. The van der Waals surface area contributed by atoms with Crippen LogP contribution < -0.4 is 4.74 Å². The van der Waals surface area contributed by atoms with Gasteiger partial charge in [-0.05, 0) is 49.2 Å². The third kappa shape index (κ3) is 6.74. The lowest BCUT2D eigenvalue weighted by Gasteiger charge is -2.37. The summed E-state index contributed by atoms with van der Waals surface area (Å²) in [6.45, 7) is 6.94. The largest absolute Gasteiger partial charge is 0.487 e. The Balaban J connectivity index is 2.05. The zero-order valence-corrected chi connectivity index (χ0v) is 23.9. The minimum Gasteiger partial charge on any atom is -0.487 e. The van der Waals surface area contributed by atoms with Crippen molar-refractivity contribution in [1.29, 1.82) is 0 Å². The summed E-state index contributed by atoms with van der Waals surface area (Å²) >= 11 is 0. The molecule has 1 aliphatic rings. The van der Waals surface area contributed by atoms with E-state index in [9.17, 15) is 26.3 Å². The van der Waals surface area contributed by atoms with Gasteiger partial charge in [0.2, 0.25) is 20.0 Å². The molecule has 3 atom stereocenters. The zero-order valence-electron chi connectivity index (χ0n) is 22.3. The quantitative estimate of drug-likeness (QED) is 0.516. The maximum absolute atomic E-state index is 13.7. The minimum atomic E-state index is -4.05. The van der Waals surface area contributed by atoms with Gasteiger partial charge in [-0.25, -0.2) is 21.2 Å². The summed E-state index contributed by atoms with van der Waals surface area (Å²) in [5.74, 6) is 5.40. The highest BCUT2D eigenvalue weighted by atomic mass is 32.2. The summed E-state index contributed by atoms with van der Waals surface area (Å²) < 4.78 is 75.8. The van der Waals surface area contributed by atoms with Crippen LogP contribution in [0.4, 0.5) is 4.39 Å². The first-order chi connectivity index (χ1) is 17.8. The van der Waals surface area contributed by atoms with E-state index in [1.807, 2.05) is 13.8 Å². The van der Waals surface area contributed by atoms with E-state index < -0.39 is 43.9 Å². The Labute approximate surface area is 225 Å². The van der Waals surface area contributed by atoms with Crippen molar-refractivity contribution in [1.82, 2.24) is 8.61 Å². The van der Waals surface area contributed by atoms with Crippen LogP contribution in [0.15, 0.2) is 52.3 Å². The molecule has 0 saturated heterocycles. The van der Waals surface area contributed by atoms with Gasteiger partial charge in [-0.3, -0.25) is 0 Å². The highest BCUT2D eigenvalue weighted by Gasteiger charge is 2.39.